The zero-order valence-electron chi connectivity index (χ0n) is 13.1. The molecule has 0 heterocycles. The maximum atomic E-state index is 5.54. The molecule has 0 radical (unpaired) electrons. The molecule has 3 rings (SSSR count). The Morgan fingerprint density at radius 3 is 2.57 bits per heavy atom. The molecule has 1 N–H and O–H groups in total. The van der Waals surface area contributed by atoms with Gasteiger partial charge < -0.3 is 10.1 Å². The van der Waals surface area contributed by atoms with Gasteiger partial charge in [-0.05, 0) is 61.6 Å². The molecule has 0 bridgehead atoms. The lowest BCUT2D eigenvalue weighted by atomic mass is 9.96. The summed E-state index contributed by atoms with van der Waals surface area (Å²) in [5, 5.41) is 3.58. The Morgan fingerprint density at radius 2 is 1.86 bits per heavy atom. The van der Waals surface area contributed by atoms with Crippen LogP contribution >= 0.6 is 0 Å². The van der Waals surface area contributed by atoms with E-state index in [0.29, 0.717) is 0 Å². The topological polar surface area (TPSA) is 21.3 Å². The second-order valence-electron chi connectivity index (χ2n) is 6.01. The van der Waals surface area contributed by atoms with Crippen molar-refractivity contribution in [3.05, 3.63) is 53.1 Å². The highest BCUT2D eigenvalue weighted by molar-refractivity contribution is 5.74. The van der Waals surface area contributed by atoms with Gasteiger partial charge in [-0.15, -0.1) is 0 Å². The molecule has 0 aromatic heterocycles. The van der Waals surface area contributed by atoms with Crippen molar-refractivity contribution in [3.63, 3.8) is 0 Å². The molecule has 2 nitrogen and oxygen atoms in total. The quantitative estimate of drug-likeness (QED) is 0.885. The number of methoxy groups -OCH3 is 1. The first-order valence-electron chi connectivity index (χ1n) is 7.65. The average molecular weight is 281 g/mol. The fourth-order valence-corrected chi connectivity index (χ4v) is 2.65. The molecule has 0 amide bonds. The molecular formula is C19H23NO. The van der Waals surface area contributed by atoms with Crippen LogP contribution in [0.1, 0.15) is 29.5 Å². The fourth-order valence-electron chi connectivity index (χ4n) is 2.65. The van der Waals surface area contributed by atoms with Crippen LogP contribution in [-0.4, -0.2) is 13.2 Å². The Labute approximate surface area is 127 Å². The molecule has 2 aromatic carbocycles. The van der Waals surface area contributed by atoms with Crippen LogP contribution in [0.5, 0.6) is 5.75 Å². The Hall–Kier alpha value is -1.80. The van der Waals surface area contributed by atoms with Crippen molar-refractivity contribution in [2.45, 2.75) is 39.3 Å². The van der Waals surface area contributed by atoms with E-state index in [1.807, 2.05) is 0 Å². The van der Waals surface area contributed by atoms with Gasteiger partial charge in [0.15, 0.2) is 0 Å². The van der Waals surface area contributed by atoms with E-state index < -0.39 is 0 Å². The second-order valence-corrected chi connectivity index (χ2v) is 6.01. The van der Waals surface area contributed by atoms with Gasteiger partial charge in [0, 0.05) is 18.2 Å². The lowest BCUT2D eigenvalue weighted by molar-refractivity contribution is 0.416. The summed E-state index contributed by atoms with van der Waals surface area (Å²) in [6.07, 6.45) is 2.65. The van der Waals surface area contributed by atoms with E-state index in [2.05, 4.69) is 55.6 Å². The van der Waals surface area contributed by atoms with E-state index in [-0.39, 0.29) is 0 Å². The van der Waals surface area contributed by atoms with Crippen molar-refractivity contribution >= 4 is 0 Å². The lowest BCUT2D eigenvalue weighted by Crippen LogP contribution is -2.15. The highest BCUT2D eigenvalue weighted by atomic mass is 16.5. The minimum atomic E-state index is 0.739. The van der Waals surface area contributed by atoms with Crippen LogP contribution in [0.25, 0.3) is 11.1 Å². The minimum absolute atomic E-state index is 0.739. The summed E-state index contributed by atoms with van der Waals surface area (Å²) in [5.74, 6) is 0.941. The number of hydrogen-bond donors (Lipinski definition) is 1. The van der Waals surface area contributed by atoms with Gasteiger partial charge in [-0.3, -0.25) is 0 Å². The third-order valence-corrected chi connectivity index (χ3v) is 4.12. The molecule has 110 valence electrons. The molecule has 0 aliphatic heterocycles. The number of ether oxygens (including phenoxy) is 1. The van der Waals surface area contributed by atoms with E-state index in [1.165, 1.54) is 40.7 Å². The standard InChI is InChI=1S/C19H23NO/c1-13-4-9-19(21-3)18(10-13)17-11-15(6-5-14(17)2)12-20-16-7-8-16/h4-6,9-11,16,20H,7-8,12H2,1-3H3. The summed E-state index contributed by atoms with van der Waals surface area (Å²) in [5.41, 5.74) is 6.33. The smallest absolute Gasteiger partial charge is 0.126 e. The summed E-state index contributed by atoms with van der Waals surface area (Å²) in [6.45, 7) is 5.23. The van der Waals surface area contributed by atoms with Gasteiger partial charge in [0.1, 0.15) is 5.75 Å². The number of nitrogens with one attached hydrogen (secondary N) is 1. The van der Waals surface area contributed by atoms with Crippen molar-refractivity contribution in [2.24, 2.45) is 0 Å². The molecule has 0 saturated heterocycles. The zero-order valence-corrected chi connectivity index (χ0v) is 13.1. The summed E-state index contributed by atoms with van der Waals surface area (Å²) in [4.78, 5) is 0. The Bertz CT molecular complexity index is 644. The Balaban J connectivity index is 1.95. The predicted octanol–water partition coefficient (Wildman–Crippen LogP) is 4.23. The SMILES string of the molecule is COc1ccc(C)cc1-c1cc(CNC2CC2)ccc1C. The molecule has 1 aliphatic carbocycles. The maximum Gasteiger partial charge on any atom is 0.126 e. The van der Waals surface area contributed by atoms with Gasteiger partial charge >= 0.3 is 0 Å². The molecule has 2 aromatic rings. The van der Waals surface area contributed by atoms with Crippen molar-refractivity contribution in [1.29, 1.82) is 0 Å². The van der Waals surface area contributed by atoms with Crippen molar-refractivity contribution in [3.8, 4) is 16.9 Å². The van der Waals surface area contributed by atoms with Gasteiger partial charge in [-0.1, -0.05) is 23.8 Å². The predicted molar refractivity (Wildman–Crippen MR) is 87.8 cm³/mol. The van der Waals surface area contributed by atoms with Crippen LogP contribution in [0.15, 0.2) is 36.4 Å². The number of benzene rings is 2. The first kappa shape index (κ1) is 14.2. The van der Waals surface area contributed by atoms with E-state index in [0.717, 1.165) is 18.3 Å². The maximum absolute atomic E-state index is 5.54. The third-order valence-electron chi connectivity index (χ3n) is 4.12. The minimum Gasteiger partial charge on any atom is -0.496 e. The molecule has 0 atom stereocenters. The molecule has 1 fully saturated rings. The summed E-state index contributed by atoms with van der Waals surface area (Å²) < 4.78 is 5.54. The first-order valence-corrected chi connectivity index (χ1v) is 7.65. The summed E-state index contributed by atoms with van der Waals surface area (Å²) in [6, 6.07) is 13.8. The van der Waals surface area contributed by atoms with Crippen LogP contribution in [0.3, 0.4) is 0 Å². The van der Waals surface area contributed by atoms with Crippen molar-refractivity contribution in [1.82, 2.24) is 5.32 Å². The Kier molecular flexibility index (Phi) is 3.98. The molecular weight excluding hydrogens is 258 g/mol. The van der Waals surface area contributed by atoms with E-state index in [1.54, 1.807) is 7.11 Å². The number of aryl methyl sites for hydroxylation is 2. The normalized spacial score (nSPS) is 14.2. The van der Waals surface area contributed by atoms with Crippen LogP contribution in [0, 0.1) is 13.8 Å². The van der Waals surface area contributed by atoms with Crippen LogP contribution < -0.4 is 10.1 Å². The summed E-state index contributed by atoms with van der Waals surface area (Å²) >= 11 is 0. The molecule has 1 aliphatic rings. The highest BCUT2D eigenvalue weighted by Gasteiger charge is 2.20. The lowest BCUT2D eigenvalue weighted by Gasteiger charge is -2.14. The Morgan fingerprint density at radius 1 is 1.05 bits per heavy atom. The van der Waals surface area contributed by atoms with Crippen molar-refractivity contribution < 1.29 is 4.74 Å². The largest absolute Gasteiger partial charge is 0.496 e. The molecule has 0 unspecified atom stereocenters. The van der Waals surface area contributed by atoms with Gasteiger partial charge in [0.2, 0.25) is 0 Å². The molecule has 1 saturated carbocycles. The first-order chi connectivity index (χ1) is 10.2. The third kappa shape index (κ3) is 3.27. The van der Waals surface area contributed by atoms with Gasteiger partial charge in [0.05, 0.1) is 7.11 Å². The van der Waals surface area contributed by atoms with Gasteiger partial charge in [-0.25, -0.2) is 0 Å². The molecule has 21 heavy (non-hydrogen) atoms. The van der Waals surface area contributed by atoms with E-state index in [4.69, 9.17) is 4.74 Å². The van der Waals surface area contributed by atoms with Crippen LogP contribution in [-0.2, 0) is 6.54 Å². The van der Waals surface area contributed by atoms with Crippen LogP contribution in [0.4, 0.5) is 0 Å². The fraction of sp³-hybridized carbons (Fsp3) is 0.368. The van der Waals surface area contributed by atoms with Gasteiger partial charge in [0.25, 0.3) is 0 Å². The van der Waals surface area contributed by atoms with Crippen LogP contribution in [0.2, 0.25) is 0 Å². The number of rotatable bonds is 5. The van der Waals surface area contributed by atoms with E-state index >= 15 is 0 Å². The van der Waals surface area contributed by atoms with Crippen molar-refractivity contribution in [2.75, 3.05) is 7.11 Å². The van der Waals surface area contributed by atoms with Gasteiger partial charge in [-0.2, -0.15) is 0 Å². The highest BCUT2D eigenvalue weighted by Crippen LogP contribution is 2.33. The molecule has 2 heteroatoms. The second kappa shape index (κ2) is 5.90. The van der Waals surface area contributed by atoms with E-state index in [9.17, 15) is 0 Å². The average Bonchev–Trinajstić information content (AvgIpc) is 3.30. The number of hydrogen-bond acceptors (Lipinski definition) is 2. The molecule has 0 spiro atoms. The summed E-state index contributed by atoms with van der Waals surface area (Å²) in [7, 11) is 1.74. The zero-order chi connectivity index (χ0) is 14.8. The monoisotopic (exact) mass is 281 g/mol.